The second kappa shape index (κ2) is 5.67. The van der Waals surface area contributed by atoms with Gasteiger partial charge in [0.1, 0.15) is 0 Å². The van der Waals surface area contributed by atoms with E-state index in [1.54, 1.807) is 24.3 Å². The Bertz CT molecular complexity index is 749. The number of anilines is 1. The molecule has 0 atom stereocenters. The second-order valence-corrected chi connectivity index (χ2v) is 6.65. The summed E-state index contributed by atoms with van der Waals surface area (Å²) >= 11 is 12.5. The fraction of sp³-hybridized carbons (Fsp3) is 0.0667. The summed E-state index contributed by atoms with van der Waals surface area (Å²) in [5.41, 5.74) is 1.70. The van der Waals surface area contributed by atoms with Gasteiger partial charge in [-0.25, -0.2) is 0 Å². The molecule has 2 heterocycles. The number of thiocarbonyl (C=S) groups is 1. The van der Waals surface area contributed by atoms with Crippen molar-refractivity contribution in [1.29, 1.82) is 0 Å². The fourth-order valence-electron chi connectivity index (χ4n) is 2.04. The Labute approximate surface area is 137 Å². The Morgan fingerprint density at radius 2 is 1.95 bits per heavy atom. The van der Waals surface area contributed by atoms with Gasteiger partial charge in [0.2, 0.25) is 0 Å². The van der Waals surface area contributed by atoms with Gasteiger partial charge < -0.3 is 4.57 Å². The number of amides is 1. The van der Waals surface area contributed by atoms with E-state index in [0.717, 1.165) is 11.4 Å². The number of thioether (sulfide) groups is 1. The standard InChI is InChI=1S/C15H11ClN2OS2/c1-17-8-2-3-12(17)9-13-14(19)18(15(20)21-13)11-6-4-10(16)5-7-11/h2-9H,1H3. The molecule has 6 heteroatoms. The highest BCUT2D eigenvalue weighted by Gasteiger charge is 2.33. The molecule has 1 amide bonds. The molecule has 1 saturated heterocycles. The summed E-state index contributed by atoms with van der Waals surface area (Å²) in [4.78, 5) is 14.7. The highest BCUT2D eigenvalue weighted by atomic mass is 35.5. The maximum Gasteiger partial charge on any atom is 0.270 e. The zero-order chi connectivity index (χ0) is 15.0. The summed E-state index contributed by atoms with van der Waals surface area (Å²) in [6, 6.07) is 11.0. The second-order valence-electron chi connectivity index (χ2n) is 4.54. The van der Waals surface area contributed by atoms with Gasteiger partial charge in [-0.05, 0) is 42.5 Å². The van der Waals surface area contributed by atoms with Crippen molar-refractivity contribution >= 4 is 57.6 Å². The van der Waals surface area contributed by atoms with Crippen LogP contribution in [0.2, 0.25) is 5.02 Å². The molecule has 1 aliphatic heterocycles. The van der Waals surface area contributed by atoms with Crippen molar-refractivity contribution in [3.63, 3.8) is 0 Å². The van der Waals surface area contributed by atoms with Crippen LogP contribution in [0.3, 0.4) is 0 Å². The molecular formula is C15H11ClN2OS2. The number of aryl methyl sites for hydroxylation is 1. The summed E-state index contributed by atoms with van der Waals surface area (Å²) in [7, 11) is 1.94. The molecule has 0 N–H and O–H groups in total. The minimum absolute atomic E-state index is 0.103. The third-order valence-electron chi connectivity index (χ3n) is 3.14. The molecule has 3 nitrogen and oxygen atoms in total. The van der Waals surface area contributed by atoms with Crippen LogP contribution in [-0.2, 0) is 11.8 Å². The molecule has 106 valence electrons. The predicted molar refractivity (Wildman–Crippen MR) is 92.5 cm³/mol. The van der Waals surface area contributed by atoms with Crippen molar-refractivity contribution < 1.29 is 4.79 Å². The number of rotatable bonds is 2. The monoisotopic (exact) mass is 334 g/mol. The van der Waals surface area contributed by atoms with Crippen molar-refractivity contribution in [2.45, 2.75) is 0 Å². The smallest absolute Gasteiger partial charge is 0.270 e. The average molecular weight is 335 g/mol. The molecule has 1 fully saturated rings. The summed E-state index contributed by atoms with van der Waals surface area (Å²) in [6.45, 7) is 0. The first-order valence-corrected chi connectivity index (χ1v) is 7.81. The lowest BCUT2D eigenvalue weighted by Gasteiger charge is -2.14. The highest BCUT2D eigenvalue weighted by molar-refractivity contribution is 8.27. The SMILES string of the molecule is Cn1cccc1C=C1SC(=S)N(c2ccc(Cl)cc2)C1=O. The van der Waals surface area contributed by atoms with E-state index in [2.05, 4.69) is 0 Å². The number of hydrogen-bond acceptors (Lipinski definition) is 3. The van der Waals surface area contributed by atoms with E-state index in [9.17, 15) is 4.79 Å². The number of carbonyl (C=O) groups is 1. The number of halogens is 1. The number of benzene rings is 1. The third-order valence-corrected chi connectivity index (χ3v) is 4.70. The maximum atomic E-state index is 12.5. The van der Waals surface area contributed by atoms with Crippen LogP contribution in [0.25, 0.3) is 6.08 Å². The molecule has 1 aliphatic rings. The van der Waals surface area contributed by atoms with Crippen molar-refractivity contribution in [2.75, 3.05) is 4.90 Å². The molecule has 0 spiro atoms. The number of nitrogens with zero attached hydrogens (tertiary/aromatic N) is 2. The van der Waals surface area contributed by atoms with Gasteiger partial charge in [0.25, 0.3) is 5.91 Å². The summed E-state index contributed by atoms with van der Waals surface area (Å²) in [6.07, 6.45) is 3.79. The quantitative estimate of drug-likeness (QED) is 0.611. The number of hydrogen-bond donors (Lipinski definition) is 0. The molecule has 0 aliphatic carbocycles. The first-order chi connectivity index (χ1) is 10.1. The van der Waals surface area contributed by atoms with E-state index in [1.807, 2.05) is 36.0 Å². The van der Waals surface area contributed by atoms with Gasteiger partial charge in [0.05, 0.1) is 10.6 Å². The Balaban J connectivity index is 1.94. The Kier molecular flexibility index (Phi) is 3.89. The number of aromatic nitrogens is 1. The third kappa shape index (κ3) is 2.77. The minimum Gasteiger partial charge on any atom is -0.351 e. The first kappa shape index (κ1) is 14.4. The van der Waals surface area contributed by atoms with Crippen LogP contribution in [0.1, 0.15) is 5.69 Å². The topological polar surface area (TPSA) is 25.2 Å². The van der Waals surface area contributed by atoms with Gasteiger partial charge in [-0.2, -0.15) is 0 Å². The van der Waals surface area contributed by atoms with Crippen molar-refractivity contribution in [3.8, 4) is 0 Å². The molecular weight excluding hydrogens is 324 g/mol. The molecule has 3 rings (SSSR count). The molecule has 0 saturated carbocycles. The van der Waals surface area contributed by atoms with Crippen LogP contribution in [0.15, 0.2) is 47.5 Å². The predicted octanol–water partition coefficient (Wildman–Crippen LogP) is 4.08. The number of carbonyl (C=O) groups excluding carboxylic acids is 1. The molecule has 0 radical (unpaired) electrons. The first-order valence-electron chi connectivity index (χ1n) is 6.21. The molecule has 1 aromatic carbocycles. The van der Waals surface area contributed by atoms with Crippen LogP contribution in [0, 0.1) is 0 Å². The van der Waals surface area contributed by atoms with E-state index in [1.165, 1.54) is 16.7 Å². The van der Waals surface area contributed by atoms with E-state index in [0.29, 0.717) is 14.2 Å². The minimum atomic E-state index is -0.103. The Morgan fingerprint density at radius 3 is 2.57 bits per heavy atom. The molecule has 0 unspecified atom stereocenters. The summed E-state index contributed by atoms with van der Waals surface area (Å²) in [5.74, 6) is -0.103. The lowest BCUT2D eigenvalue weighted by molar-refractivity contribution is -0.113. The van der Waals surface area contributed by atoms with E-state index in [4.69, 9.17) is 23.8 Å². The lowest BCUT2D eigenvalue weighted by Crippen LogP contribution is -2.27. The highest BCUT2D eigenvalue weighted by Crippen LogP contribution is 2.36. The molecule has 21 heavy (non-hydrogen) atoms. The van der Waals surface area contributed by atoms with Crippen LogP contribution >= 0.6 is 35.6 Å². The van der Waals surface area contributed by atoms with Crippen molar-refractivity contribution in [2.24, 2.45) is 7.05 Å². The molecule has 0 bridgehead atoms. The normalized spacial score (nSPS) is 17.0. The average Bonchev–Trinajstić information content (AvgIpc) is 2.97. The summed E-state index contributed by atoms with van der Waals surface area (Å²) < 4.78 is 2.48. The van der Waals surface area contributed by atoms with Gasteiger partial charge in [0.15, 0.2) is 4.32 Å². The van der Waals surface area contributed by atoms with Crippen LogP contribution in [-0.4, -0.2) is 14.8 Å². The fourth-order valence-corrected chi connectivity index (χ4v) is 3.45. The van der Waals surface area contributed by atoms with Gasteiger partial charge >= 0.3 is 0 Å². The zero-order valence-corrected chi connectivity index (χ0v) is 13.5. The van der Waals surface area contributed by atoms with E-state index >= 15 is 0 Å². The van der Waals surface area contributed by atoms with Crippen molar-refractivity contribution in [1.82, 2.24) is 4.57 Å². The zero-order valence-electron chi connectivity index (χ0n) is 11.1. The van der Waals surface area contributed by atoms with Crippen LogP contribution in [0.4, 0.5) is 5.69 Å². The van der Waals surface area contributed by atoms with Gasteiger partial charge in [-0.15, -0.1) is 0 Å². The van der Waals surface area contributed by atoms with E-state index in [-0.39, 0.29) is 5.91 Å². The Hall–Kier alpha value is -1.56. The van der Waals surface area contributed by atoms with E-state index < -0.39 is 0 Å². The molecule has 1 aromatic heterocycles. The van der Waals surface area contributed by atoms with Crippen LogP contribution < -0.4 is 4.90 Å². The summed E-state index contributed by atoms with van der Waals surface area (Å²) in [5, 5.41) is 0.628. The lowest BCUT2D eigenvalue weighted by atomic mass is 10.3. The molecule has 2 aromatic rings. The Morgan fingerprint density at radius 1 is 1.24 bits per heavy atom. The van der Waals surface area contributed by atoms with Gasteiger partial charge in [0, 0.05) is 24.0 Å². The van der Waals surface area contributed by atoms with Crippen LogP contribution in [0.5, 0.6) is 0 Å². The van der Waals surface area contributed by atoms with Gasteiger partial charge in [-0.1, -0.05) is 35.6 Å². The maximum absolute atomic E-state index is 12.5. The van der Waals surface area contributed by atoms with Gasteiger partial charge in [-0.3, -0.25) is 9.69 Å². The largest absolute Gasteiger partial charge is 0.351 e. The van der Waals surface area contributed by atoms with Crippen molar-refractivity contribution in [3.05, 3.63) is 58.2 Å².